The minimum Gasteiger partial charge on any atom is -0.461 e. The molecule has 6 rings (SSSR count). The molecular formula is C38H46N6O3S2. The molecule has 0 bridgehead atoms. The van der Waals surface area contributed by atoms with Crippen LogP contribution in [0.5, 0.6) is 6.01 Å². The number of benzene rings is 3. The van der Waals surface area contributed by atoms with Gasteiger partial charge in [0.2, 0.25) is 15.8 Å². The Labute approximate surface area is 294 Å². The van der Waals surface area contributed by atoms with E-state index in [2.05, 4.69) is 55.5 Å². The topological polar surface area (TPSA) is 110 Å². The van der Waals surface area contributed by atoms with E-state index >= 15 is 0 Å². The van der Waals surface area contributed by atoms with Crippen LogP contribution in [0.2, 0.25) is 0 Å². The van der Waals surface area contributed by atoms with Crippen molar-refractivity contribution in [3.8, 4) is 16.6 Å². The lowest BCUT2D eigenvalue weighted by Gasteiger charge is -2.21. The first-order valence-electron chi connectivity index (χ1n) is 17.5. The maximum atomic E-state index is 13.7. The summed E-state index contributed by atoms with van der Waals surface area (Å²) in [7, 11) is -2.00. The number of likely N-dealkylation sites (N-methyl/N-ethyl adjacent to an activating group) is 1. The number of rotatable bonds is 10. The van der Waals surface area contributed by atoms with Crippen molar-refractivity contribution in [3.63, 3.8) is 0 Å². The van der Waals surface area contributed by atoms with Gasteiger partial charge in [-0.25, -0.2) is 13.4 Å². The fraction of sp³-hybridized carbons (Fsp3) is 0.421. The highest BCUT2D eigenvalue weighted by Crippen LogP contribution is 2.31. The second kappa shape index (κ2) is 16.5. The Bertz CT molecular complexity index is 1870. The van der Waals surface area contributed by atoms with Crippen LogP contribution in [-0.4, -0.2) is 54.6 Å². The largest absolute Gasteiger partial charge is 0.461 e. The molecule has 0 atom stereocenters. The van der Waals surface area contributed by atoms with Crippen molar-refractivity contribution in [1.29, 1.82) is 0 Å². The van der Waals surface area contributed by atoms with E-state index in [1.807, 2.05) is 32.2 Å². The third-order valence-corrected chi connectivity index (χ3v) is 11.8. The molecule has 1 fully saturated rings. The Hall–Kier alpha value is -4.09. The molecule has 258 valence electrons. The molecule has 0 saturated heterocycles. The normalized spacial score (nSPS) is 15.3. The summed E-state index contributed by atoms with van der Waals surface area (Å²) in [5.41, 5.74) is 4.08. The van der Waals surface area contributed by atoms with Crippen molar-refractivity contribution in [2.24, 2.45) is 0 Å². The van der Waals surface area contributed by atoms with Crippen LogP contribution in [0.15, 0.2) is 82.8 Å². The molecule has 49 heavy (non-hydrogen) atoms. The lowest BCUT2D eigenvalue weighted by molar-refractivity contribution is 0.295. The number of sulfone groups is 1. The van der Waals surface area contributed by atoms with E-state index in [-0.39, 0.29) is 34.7 Å². The molecule has 1 N–H and O–H groups in total. The second-order valence-electron chi connectivity index (χ2n) is 12.9. The summed E-state index contributed by atoms with van der Waals surface area (Å²) in [6.45, 7) is 2.72. The predicted molar refractivity (Wildman–Crippen MR) is 198 cm³/mol. The van der Waals surface area contributed by atoms with Gasteiger partial charge in [0.15, 0.2) is 0 Å². The van der Waals surface area contributed by atoms with E-state index < -0.39 is 9.84 Å². The zero-order valence-corrected chi connectivity index (χ0v) is 30.1. The number of ether oxygens (including phenoxy) is 1. The van der Waals surface area contributed by atoms with Crippen molar-refractivity contribution in [1.82, 2.24) is 19.9 Å². The number of nitrogens with one attached hydrogen (secondary N) is 1. The van der Waals surface area contributed by atoms with Crippen molar-refractivity contribution in [2.75, 3.05) is 30.4 Å². The fourth-order valence-electron chi connectivity index (χ4n) is 6.16. The Morgan fingerprint density at radius 2 is 1.45 bits per heavy atom. The maximum absolute atomic E-state index is 13.7. The van der Waals surface area contributed by atoms with Crippen LogP contribution in [0.3, 0.4) is 0 Å². The minimum absolute atomic E-state index is 0.00377. The molecular weight excluding hydrogens is 653 g/mol. The zero-order chi connectivity index (χ0) is 34.1. The van der Waals surface area contributed by atoms with Crippen LogP contribution < -0.4 is 15.0 Å². The fourth-order valence-corrected chi connectivity index (χ4v) is 8.24. The number of hydrogen-bond donors (Lipinski definition) is 1. The highest BCUT2D eigenvalue weighted by Gasteiger charge is 2.25. The van der Waals surface area contributed by atoms with Crippen LogP contribution in [0, 0.1) is 6.92 Å². The smallest absolute Gasteiger partial charge is 0.322 e. The Kier molecular flexibility index (Phi) is 11.7. The van der Waals surface area contributed by atoms with E-state index in [1.165, 1.54) is 49.6 Å². The van der Waals surface area contributed by atoms with Gasteiger partial charge in [0, 0.05) is 24.3 Å². The molecule has 3 aromatic carbocycles. The van der Waals surface area contributed by atoms with Gasteiger partial charge in [-0.15, -0.1) is 11.3 Å². The lowest BCUT2D eigenvalue weighted by Crippen LogP contribution is -2.25. The molecule has 0 amide bonds. The number of nitrogens with zero attached hydrogens (tertiary/aromatic N) is 5. The van der Waals surface area contributed by atoms with Gasteiger partial charge in [-0.3, -0.25) is 0 Å². The summed E-state index contributed by atoms with van der Waals surface area (Å²) in [4.78, 5) is 20.3. The van der Waals surface area contributed by atoms with Crippen LogP contribution in [0.25, 0.3) is 20.8 Å². The molecule has 1 saturated carbocycles. The van der Waals surface area contributed by atoms with Gasteiger partial charge in [-0.2, -0.15) is 15.0 Å². The average Bonchev–Trinajstić information content (AvgIpc) is 3.54. The van der Waals surface area contributed by atoms with E-state index in [9.17, 15) is 8.42 Å². The van der Waals surface area contributed by atoms with Crippen molar-refractivity contribution < 1.29 is 13.2 Å². The Balaban J connectivity index is 1.16. The molecule has 11 heteroatoms. The molecule has 5 aromatic rings. The van der Waals surface area contributed by atoms with E-state index in [4.69, 9.17) is 9.72 Å². The highest BCUT2D eigenvalue weighted by molar-refractivity contribution is 7.91. The third kappa shape index (κ3) is 9.33. The highest BCUT2D eigenvalue weighted by atomic mass is 32.2. The molecule has 0 radical (unpaired) electrons. The van der Waals surface area contributed by atoms with Gasteiger partial charge in [0.25, 0.3) is 5.16 Å². The van der Waals surface area contributed by atoms with Gasteiger partial charge in [-0.1, -0.05) is 87.6 Å². The summed E-state index contributed by atoms with van der Waals surface area (Å²) in [5, 5.41) is 4.16. The van der Waals surface area contributed by atoms with Crippen molar-refractivity contribution in [2.45, 2.75) is 93.6 Å². The number of anilines is 2. The molecule has 2 aromatic heterocycles. The first-order valence-corrected chi connectivity index (χ1v) is 19.8. The summed E-state index contributed by atoms with van der Waals surface area (Å²) in [6.07, 6.45) is 13.1. The Morgan fingerprint density at radius 3 is 2.12 bits per heavy atom. The Morgan fingerprint density at radius 1 is 0.796 bits per heavy atom. The summed E-state index contributed by atoms with van der Waals surface area (Å²) in [5.74, 6) is 0.242. The van der Waals surface area contributed by atoms with Crippen molar-refractivity contribution >= 4 is 43.0 Å². The van der Waals surface area contributed by atoms with Crippen LogP contribution in [0.4, 0.5) is 11.6 Å². The van der Waals surface area contributed by atoms with Gasteiger partial charge >= 0.3 is 6.01 Å². The number of hydrogen-bond acceptors (Lipinski definition) is 10. The average molecular weight is 699 g/mol. The number of thiazole rings is 1. The van der Waals surface area contributed by atoms with Gasteiger partial charge in [0.1, 0.15) is 11.6 Å². The lowest BCUT2D eigenvalue weighted by atomic mass is 9.98. The van der Waals surface area contributed by atoms with Crippen LogP contribution >= 0.6 is 11.3 Å². The quantitative estimate of drug-likeness (QED) is 0.153. The minimum atomic E-state index is -3.99. The zero-order valence-electron chi connectivity index (χ0n) is 28.5. The third-order valence-electron chi connectivity index (χ3n) is 9.11. The SMILES string of the molecule is Cc1ccc(S(=O)(=O)c2nc(NC3CCCCCCCCCCC3)nc(OCCN(C)c3ccc(-c4nc5ccccc5s4)cc3)n2)cc1. The molecule has 2 heterocycles. The van der Waals surface area contributed by atoms with Crippen LogP contribution in [-0.2, 0) is 9.84 Å². The molecule has 0 aliphatic heterocycles. The molecule has 1 aliphatic rings. The second-order valence-corrected chi connectivity index (χ2v) is 15.8. The monoisotopic (exact) mass is 698 g/mol. The maximum Gasteiger partial charge on any atom is 0.322 e. The first-order chi connectivity index (χ1) is 23.8. The summed E-state index contributed by atoms with van der Waals surface area (Å²) >= 11 is 1.68. The van der Waals surface area contributed by atoms with Crippen LogP contribution in [0.1, 0.15) is 76.2 Å². The van der Waals surface area contributed by atoms with E-state index in [0.29, 0.717) is 6.54 Å². The van der Waals surface area contributed by atoms with Gasteiger partial charge < -0.3 is 15.0 Å². The van der Waals surface area contributed by atoms with Crippen molar-refractivity contribution in [3.05, 3.63) is 78.4 Å². The molecule has 0 spiro atoms. The van der Waals surface area contributed by atoms with E-state index in [0.717, 1.165) is 53.0 Å². The predicted octanol–water partition coefficient (Wildman–Crippen LogP) is 8.89. The molecule has 1 aliphatic carbocycles. The van der Waals surface area contributed by atoms with Gasteiger partial charge in [0.05, 0.1) is 21.7 Å². The number of aryl methyl sites for hydroxylation is 1. The number of para-hydroxylation sites is 1. The van der Waals surface area contributed by atoms with E-state index in [1.54, 1.807) is 35.6 Å². The standard InChI is InChI=1S/C38H46N6O3S2/c1-28-18-24-32(25-19-28)49(45,46)38-42-36(39-30-14-10-8-6-4-3-5-7-9-11-15-30)41-37(43-38)47-27-26-44(2)31-22-20-29(21-23-31)35-40-33-16-12-13-17-34(33)48-35/h12-13,16-25,30H,3-11,14-15,26-27H2,1-2H3,(H,39,41,42,43). The first kappa shape index (κ1) is 34.8. The van der Waals surface area contributed by atoms with Gasteiger partial charge in [-0.05, 0) is 68.3 Å². The number of aromatic nitrogens is 4. The summed E-state index contributed by atoms with van der Waals surface area (Å²) in [6, 6.07) is 23.3. The number of fused-ring (bicyclic) bond motifs is 1. The summed E-state index contributed by atoms with van der Waals surface area (Å²) < 4.78 is 34.6. The molecule has 0 unspecified atom stereocenters. The molecule has 9 nitrogen and oxygen atoms in total.